The normalized spacial score (nSPS) is 19.6. The Balaban J connectivity index is 1.82. The molecule has 0 bridgehead atoms. The van der Waals surface area contributed by atoms with E-state index in [2.05, 4.69) is 26.6 Å². The van der Waals surface area contributed by atoms with Crippen LogP contribution in [0.15, 0.2) is 15.9 Å². The molecule has 16 heavy (non-hydrogen) atoms. The zero-order chi connectivity index (χ0) is 11.5. The Morgan fingerprint density at radius 1 is 1.62 bits per heavy atom. The van der Waals surface area contributed by atoms with Gasteiger partial charge in [0.05, 0.1) is 10.3 Å². The molecule has 0 aliphatic carbocycles. The maximum Gasteiger partial charge on any atom is 0.242 e. The second-order valence-corrected chi connectivity index (χ2v) is 6.13. The van der Waals surface area contributed by atoms with Gasteiger partial charge in [0.1, 0.15) is 6.04 Å². The van der Waals surface area contributed by atoms with E-state index in [9.17, 15) is 9.59 Å². The fraction of sp³-hybridized carbons (Fsp3) is 0.400. The molecule has 1 aliphatic rings. The molecule has 1 aromatic heterocycles. The third-order valence-electron chi connectivity index (χ3n) is 2.38. The van der Waals surface area contributed by atoms with Crippen molar-refractivity contribution in [1.82, 2.24) is 10.6 Å². The first kappa shape index (κ1) is 11.6. The van der Waals surface area contributed by atoms with Crippen LogP contribution in [0.4, 0.5) is 0 Å². The van der Waals surface area contributed by atoms with Crippen LogP contribution >= 0.6 is 27.3 Å². The van der Waals surface area contributed by atoms with Gasteiger partial charge in [0.25, 0.3) is 0 Å². The highest BCUT2D eigenvalue weighted by atomic mass is 79.9. The van der Waals surface area contributed by atoms with Crippen molar-refractivity contribution in [2.45, 2.75) is 25.4 Å². The molecular formula is C10H11BrN2O2S. The third-order valence-corrected chi connectivity index (χ3v) is 4.00. The van der Waals surface area contributed by atoms with Gasteiger partial charge in [0.15, 0.2) is 0 Å². The summed E-state index contributed by atoms with van der Waals surface area (Å²) >= 11 is 4.95. The minimum absolute atomic E-state index is 0.0426. The number of thiophene rings is 1. The van der Waals surface area contributed by atoms with Crippen molar-refractivity contribution in [2.75, 3.05) is 0 Å². The van der Waals surface area contributed by atoms with Crippen LogP contribution in [-0.2, 0) is 16.1 Å². The number of hydrogen-bond donors (Lipinski definition) is 2. The SMILES string of the molecule is O=C1CCC(C(=O)NCc2ccc(Br)s2)N1. The Bertz CT molecular complexity index is 419. The van der Waals surface area contributed by atoms with Gasteiger partial charge >= 0.3 is 0 Å². The van der Waals surface area contributed by atoms with Gasteiger partial charge in [-0.25, -0.2) is 0 Å². The smallest absolute Gasteiger partial charge is 0.242 e. The fourth-order valence-electron chi connectivity index (χ4n) is 1.55. The summed E-state index contributed by atoms with van der Waals surface area (Å²) < 4.78 is 1.05. The molecule has 1 aromatic rings. The van der Waals surface area contributed by atoms with E-state index in [0.717, 1.165) is 8.66 Å². The lowest BCUT2D eigenvalue weighted by Crippen LogP contribution is -2.41. The van der Waals surface area contributed by atoms with Gasteiger partial charge in [-0.05, 0) is 34.5 Å². The van der Waals surface area contributed by atoms with Crippen molar-refractivity contribution >= 4 is 39.1 Å². The molecule has 1 aliphatic heterocycles. The average Bonchev–Trinajstić information content (AvgIpc) is 2.84. The van der Waals surface area contributed by atoms with Crippen molar-refractivity contribution < 1.29 is 9.59 Å². The number of rotatable bonds is 3. The first-order chi connectivity index (χ1) is 7.65. The molecule has 4 nitrogen and oxygen atoms in total. The first-order valence-corrected chi connectivity index (χ1v) is 6.57. The molecule has 1 fully saturated rings. The molecule has 1 unspecified atom stereocenters. The van der Waals surface area contributed by atoms with Crippen LogP contribution in [0.25, 0.3) is 0 Å². The Morgan fingerprint density at radius 3 is 3.00 bits per heavy atom. The van der Waals surface area contributed by atoms with E-state index >= 15 is 0 Å². The minimum atomic E-state index is -0.351. The second kappa shape index (κ2) is 4.97. The molecule has 2 amide bonds. The molecule has 0 aromatic carbocycles. The quantitative estimate of drug-likeness (QED) is 0.887. The van der Waals surface area contributed by atoms with Crippen LogP contribution in [0.1, 0.15) is 17.7 Å². The van der Waals surface area contributed by atoms with Crippen LogP contribution in [0.2, 0.25) is 0 Å². The molecule has 6 heteroatoms. The van der Waals surface area contributed by atoms with E-state index in [4.69, 9.17) is 0 Å². The lowest BCUT2D eigenvalue weighted by atomic mass is 10.2. The highest BCUT2D eigenvalue weighted by Gasteiger charge is 2.26. The summed E-state index contributed by atoms with van der Waals surface area (Å²) in [4.78, 5) is 23.7. The molecule has 2 N–H and O–H groups in total. The lowest BCUT2D eigenvalue weighted by molar-refractivity contribution is -0.125. The van der Waals surface area contributed by atoms with Crippen LogP contribution in [0, 0.1) is 0 Å². The van der Waals surface area contributed by atoms with Crippen LogP contribution in [0.5, 0.6) is 0 Å². The molecule has 2 rings (SSSR count). The van der Waals surface area contributed by atoms with Crippen molar-refractivity contribution in [3.8, 4) is 0 Å². The summed E-state index contributed by atoms with van der Waals surface area (Å²) in [5.41, 5.74) is 0. The average molecular weight is 303 g/mol. The van der Waals surface area contributed by atoms with E-state index in [1.807, 2.05) is 12.1 Å². The van der Waals surface area contributed by atoms with Crippen molar-refractivity contribution in [3.63, 3.8) is 0 Å². The van der Waals surface area contributed by atoms with Crippen molar-refractivity contribution in [2.24, 2.45) is 0 Å². The van der Waals surface area contributed by atoms with Crippen LogP contribution in [-0.4, -0.2) is 17.9 Å². The maximum atomic E-state index is 11.6. The number of carbonyl (C=O) groups excluding carboxylic acids is 2. The van der Waals surface area contributed by atoms with Crippen LogP contribution < -0.4 is 10.6 Å². The summed E-state index contributed by atoms with van der Waals surface area (Å²) in [7, 11) is 0. The first-order valence-electron chi connectivity index (χ1n) is 4.96. The second-order valence-electron chi connectivity index (χ2n) is 3.58. The van der Waals surface area contributed by atoms with Crippen molar-refractivity contribution in [1.29, 1.82) is 0 Å². The highest BCUT2D eigenvalue weighted by molar-refractivity contribution is 9.11. The molecular weight excluding hydrogens is 292 g/mol. The zero-order valence-corrected chi connectivity index (χ0v) is 10.9. The van der Waals surface area contributed by atoms with Crippen LogP contribution in [0.3, 0.4) is 0 Å². The van der Waals surface area contributed by atoms with Gasteiger partial charge in [-0.1, -0.05) is 0 Å². The van der Waals surface area contributed by atoms with E-state index in [1.165, 1.54) is 0 Å². The predicted octanol–water partition coefficient (Wildman–Crippen LogP) is 1.41. The predicted molar refractivity (Wildman–Crippen MR) is 65.0 cm³/mol. The lowest BCUT2D eigenvalue weighted by Gasteiger charge is -2.09. The third kappa shape index (κ3) is 2.82. The molecule has 2 heterocycles. The van der Waals surface area contributed by atoms with E-state index < -0.39 is 0 Å². The minimum Gasteiger partial charge on any atom is -0.349 e. The summed E-state index contributed by atoms with van der Waals surface area (Å²) in [6, 6.07) is 3.56. The molecule has 0 radical (unpaired) electrons. The van der Waals surface area contributed by atoms with E-state index in [1.54, 1.807) is 11.3 Å². The molecule has 0 saturated carbocycles. The Hall–Kier alpha value is -0.880. The topological polar surface area (TPSA) is 58.2 Å². The Labute approximate surface area is 106 Å². The van der Waals surface area contributed by atoms with Gasteiger partial charge in [-0.15, -0.1) is 11.3 Å². The largest absolute Gasteiger partial charge is 0.349 e. The number of halogens is 1. The van der Waals surface area contributed by atoms with Gasteiger partial charge in [0, 0.05) is 11.3 Å². The monoisotopic (exact) mass is 302 g/mol. The molecule has 1 atom stereocenters. The van der Waals surface area contributed by atoms with E-state index in [-0.39, 0.29) is 17.9 Å². The van der Waals surface area contributed by atoms with Gasteiger partial charge < -0.3 is 10.6 Å². The standard InChI is InChI=1S/C10H11BrN2O2S/c11-8-3-1-6(16-8)5-12-10(15)7-2-4-9(14)13-7/h1,3,7H,2,4-5H2,(H,12,15)(H,13,14). The molecule has 1 saturated heterocycles. The summed E-state index contributed by atoms with van der Waals surface area (Å²) in [5, 5.41) is 5.45. The molecule has 86 valence electrons. The Kier molecular flexibility index (Phi) is 3.60. The number of amides is 2. The fourth-order valence-corrected chi connectivity index (χ4v) is 2.98. The summed E-state index contributed by atoms with van der Waals surface area (Å²) in [6.45, 7) is 0.515. The Morgan fingerprint density at radius 2 is 2.44 bits per heavy atom. The number of nitrogens with one attached hydrogen (secondary N) is 2. The summed E-state index contributed by atoms with van der Waals surface area (Å²) in [6.07, 6.45) is 1.04. The molecule has 0 spiro atoms. The zero-order valence-electron chi connectivity index (χ0n) is 8.46. The van der Waals surface area contributed by atoms with Crippen molar-refractivity contribution in [3.05, 3.63) is 20.8 Å². The van der Waals surface area contributed by atoms with Gasteiger partial charge in [0.2, 0.25) is 11.8 Å². The van der Waals surface area contributed by atoms with Gasteiger partial charge in [-0.3, -0.25) is 9.59 Å². The number of hydrogen-bond acceptors (Lipinski definition) is 3. The highest BCUT2D eigenvalue weighted by Crippen LogP contribution is 2.21. The number of carbonyl (C=O) groups is 2. The van der Waals surface area contributed by atoms with Gasteiger partial charge in [-0.2, -0.15) is 0 Å². The summed E-state index contributed by atoms with van der Waals surface area (Å²) in [5.74, 6) is -0.144. The maximum absolute atomic E-state index is 11.6. The van der Waals surface area contributed by atoms with E-state index in [0.29, 0.717) is 19.4 Å².